The van der Waals surface area contributed by atoms with E-state index in [1.807, 2.05) is 53.4 Å². The molecule has 0 bridgehead atoms. The van der Waals surface area contributed by atoms with E-state index in [0.29, 0.717) is 37.3 Å². The fourth-order valence-electron chi connectivity index (χ4n) is 3.47. The number of benzene rings is 2. The lowest BCUT2D eigenvalue weighted by molar-refractivity contribution is -0.124. The van der Waals surface area contributed by atoms with Gasteiger partial charge in [0.15, 0.2) is 0 Å². The first-order valence-corrected chi connectivity index (χ1v) is 9.27. The van der Waals surface area contributed by atoms with Crippen LogP contribution < -0.4 is 9.91 Å². The highest BCUT2D eigenvalue weighted by Crippen LogP contribution is 2.21. The molecule has 0 N–H and O–H groups in total. The molecule has 6 heteroatoms. The van der Waals surface area contributed by atoms with Crippen LogP contribution in [0.4, 0.5) is 11.4 Å². The number of hydrazone groups is 1. The first-order chi connectivity index (χ1) is 13.2. The van der Waals surface area contributed by atoms with Gasteiger partial charge >= 0.3 is 0 Å². The normalized spacial score (nSPS) is 17.7. The lowest BCUT2D eigenvalue weighted by atomic mass is 10.1. The maximum atomic E-state index is 12.9. The van der Waals surface area contributed by atoms with Crippen LogP contribution in [0.15, 0.2) is 65.8 Å². The number of anilines is 2. The monoisotopic (exact) mass is 362 g/mol. The highest BCUT2D eigenvalue weighted by Gasteiger charge is 2.30. The molecule has 0 unspecified atom stereocenters. The minimum atomic E-state index is -0.0772. The quantitative estimate of drug-likeness (QED) is 0.843. The van der Waals surface area contributed by atoms with Gasteiger partial charge in [-0.3, -0.25) is 9.59 Å². The van der Waals surface area contributed by atoms with E-state index in [1.165, 1.54) is 10.7 Å². The standard InChI is InChI=1S/C21H22N4O2/c26-20-12-11-19(22-25(20)18-9-5-2-6-10-18)21(27)24-15-13-23(14-16-24)17-7-3-1-4-8-17/h1-10H,11-16H2. The lowest BCUT2D eigenvalue weighted by Crippen LogP contribution is -2.51. The molecule has 2 aromatic carbocycles. The van der Waals surface area contributed by atoms with Gasteiger partial charge in [0.2, 0.25) is 5.91 Å². The minimum absolute atomic E-state index is 0.0591. The zero-order chi connectivity index (χ0) is 18.6. The Morgan fingerprint density at radius 3 is 2.00 bits per heavy atom. The van der Waals surface area contributed by atoms with Crippen LogP contribution in [-0.4, -0.2) is 48.6 Å². The van der Waals surface area contributed by atoms with Gasteiger partial charge in [-0.1, -0.05) is 36.4 Å². The van der Waals surface area contributed by atoms with Crippen molar-refractivity contribution in [1.82, 2.24) is 4.90 Å². The van der Waals surface area contributed by atoms with Crippen molar-refractivity contribution >= 4 is 28.9 Å². The van der Waals surface area contributed by atoms with Gasteiger partial charge in [0, 0.05) is 44.7 Å². The molecule has 2 amide bonds. The third kappa shape index (κ3) is 3.69. The summed E-state index contributed by atoms with van der Waals surface area (Å²) < 4.78 is 0. The highest BCUT2D eigenvalue weighted by atomic mass is 16.2. The topological polar surface area (TPSA) is 56.2 Å². The van der Waals surface area contributed by atoms with Gasteiger partial charge in [0.05, 0.1) is 5.69 Å². The molecule has 0 saturated carbocycles. The largest absolute Gasteiger partial charge is 0.368 e. The lowest BCUT2D eigenvalue weighted by Gasteiger charge is -2.36. The third-order valence-corrected chi connectivity index (χ3v) is 4.97. The van der Waals surface area contributed by atoms with Crippen LogP contribution in [0.25, 0.3) is 0 Å². The Balaban J connectivity index is 1.44. The van der Waals surface area contributed by atoms with E-state index in [1.54, 1.807) is 0 Å². The number of rotatable bonds is 3. The molecule has 1 fully saturated rings. The van der Waals surface area contributed by atoms with Gasteiger partial charge in [-0.15, -0.1) is 0 Å². The van der Waals surface area contributed by atoms with Gasteiger partial charge in [-0.2, -0.15) is 5.10 Å². The number of amides is 2. The number of para-hydroxylation sites is 2. The van der Waals surface area contributed by atoms with Gasteiger partial charge in [0.1, 0.15) is 5.71 Å². The van der Waals surface area contributed by atoms with Crippen molar-refractivity contribution in [2.75, 3.05) is 36.1 Å². The van der Waals surface area contributed by atoms with Gasteiger partial charge in [0.25, 0.3) is 5.91 Å². The predicted molar refractivity (Wildman–Crippen MR) is 106 cm³/mol. The summed E-state index contributed by atoms with van der Waals surface area (Å²) in [6, 6.07) is 19.5. The predicted octanol–water partition coefficient (Wildman–Crippen LogP) is 2.52. The molecule has 2 heterocycles. The second-order valence-corrected chi connectivity index (χ2v) is 6.70. The van der Waals surface area contributed by atoms with Crippen molar-refractivity contribution in [2.24, 2.45) is 5.10 Å². The molecule has 0 atom stereocenters. The Morgan fingerprint density at radius 2 is 1.37 bits per heavy atom. The summed E-state index contributed by atoms with van der Waals surface area (Å²) in [6.07, 6.45) is 0.712. The molecule has 0 spiro atoms. The van der Waals surface area contributed by atoms with E-state index in [-0.39, 0.29) is 11.8 Å². The summed E-state index contributed by atoms with van der Waals surface area (Å²) in [6.45, 7) is 2.91. The summed E-state index contributed by atoms with van der Waals surface area (Å²) in [4.78, 5) is 29.3. The Morgan fingerprint density at radius 1 is 0.778 bits per heavy atom. The van der Waals surface area contributed by atoms with Crippen LogP contribution in [0.2, 0.25) is 0 Å². The van der Waals surface area contributed by atoms with Crippen molar-refractivity contribution in [2.45, 2.75) is 12.8 Å². The van der Waals surface area contributed by atoms with Crippen molar-refractivity contribution in [1.29, 1.82) is 0 Å². The van der Waals surface area contributed by atoms with Crippen molar-refractivity contribution in [3.63, 3.8) is 0 Å². The number of piperazine rings is 1. The molecule has 1 saturated heterocycles. The smallest absolute Gasteiger partial charge is 0.270 e. The van der Waals surface area contributed by atoms with Gasteiger partial charge < -0.3 is 9.80 Å². The van der Waals surface area contributed by atoms with Crippen LogP contribution in [0.1, 0.15) is 12.8 Å². The summed E-state index contributed by atoms with van der Waals surface area (Å²) in [5.41, 5.74) is 2.34. The molecule has 138 valence electrons. The van der Waals surface area contributed by atoms with Crippen molar-refractivity contribution in [3.05, 3.63) is 60.7 Å². The fourth-order valence-corrected chi connectivity index (χ4v) is 3.47. The molecule has 0 radical (unpaired) electrons. The molecule has 27 heavy (non-hydrogen) atoms. The molecular weight excluding hydrogens is 340 g/mol. The third-order valence-electron chi connectivity index (χ3n) is 4.97. The Hall–Kier alpha value is -3.15. The van der Waals surface area contributed by atoms with Crippen molar-refractivity contribution in [3.8, 4) is 0 Å². The van der Waals surface area contributed by atoms with Crippen LogP contribution in [-0.2, 0) is 9.59 Å². The number of hydrogen-bond donors (Lipinski definition) is 0. The van der Waals surface area contributed by atoms with Crippen LogP contribution >= 0.6 is 0 Å². The second-order valence-electron chi connectivity index (χ2n) is 6.70. The van der Waals surface area contributed by atoms with E-state index in [9.17, 15) is 9.59 Å². The maximum absolute atomic E-state index is 12.9. The zero-order valence-electron chi connectivity index (χ0n) is 15.1. The van der Waals surface area contributed by atoms with E-state index in [0.717, 1.165) is 13.1 Å². The molecule has 0 aromatic heterocycles. The van der Waals surface area contributed by atoms with Gasteiger partial charge in [-0.25, -0.2) is 5.01 Å². The maximum Gasteiger partial charge on any atom is 0.270 e. The average Bonchev–Trinajstić information content (AvgIpc) is 2.75. The molecule has 2 aromatic rings. The van der Waals surface area contributed by atoms with Crippen LogP contribution in [0, 0.1) is 0 Å². The summed E-state index contributed by atoms with van der Waals surface area (Å²) in [7, 11) is 0. The van der Waals surface area contributed by atoms with Crippen LogP contribution in [0.3, 0.4) is 0 Å². The van der Waals surface area contributed by atoms with Gasteiger partial charge in [-0.05, 0) is 24.3 Å². The molecule has 2 aliphatic rings. The zero-order valence-corrected chi connectivity index (χ0v) is 15.1. The van der Waals surface area contributed by atoms with Crippen LogP contribution in [0.5, 0.6) is 0 Å². The first kappa shape index (κ1) is 17.3. The second kappa shape index (κ2) is 7.61. The Bertz CT molecular complexity index is 843. The summed E-state index contributed by atoms with van der Waals surface area (Å²) in [5, 5.41) is 5.74. The Labute approximate surface area is 158 Å². The minimum Gasteiger partial charge on any atom is -0.368 e. The number of nitrogens with zero attached hydrogens (tertiary/aromatic N) is 4. The molecule has 0 aliphatic carbocycles. The SMILES string of the molecule is O=C(C1=NN(c2ccccc2)C(=O)CC1)N1CCN(c2ccccc2)CC1. The fraction of sp³-hybridized carbons (Fsp3) is 0.286. The van der Waals surface area contributed by atoms with E-state index < -0.39 is 0 Å². The number of hydrogen-bond acceptors (Lipinski definition) is 4. The molecule has 6 nitrogen and oxygen atoms in total. The summed E-state index contributed by atoms with van der Waals surface area (Å²) in [5.74, 6) is -0.136. The van der Waals surface area contributed by atoms with Crippen molar-refractivity contribution < 1.29 is 9.59 Å². The number of carbonyl (C=O) groups is 2. The number of carbonyl (C=O) groups excluding carboxylic acids is 2. The van der Waals surface area contributed by atoms with E-state index in [4.69, 9.17) is 0 Å². The molecular formula is C21H22N4O2. The van der Waals surface area contributed by atoms with E-state index >= 15 is 0 Å². The summed E-state index contributed by atoms with van der Waals surface area (Å²) >= 11 is 0. The Kier molecular flexibility index (Phi) is 4.87. The first-order valence-electron chi connectivity index (χ1n) is 9.27. The molecule has 2 aliphatic heterocycles. The molecule has 4 rings (SSSR count). The highest BCUT2D eigenvalue weighted by molar-refractivity contribution is 6.40. The van der Waals surface area contributed by atoms with E-state index in [2.05, 4.69) is 22.1 Å². The average molecular weight is 362 g/mol.